The number of rotatable bonds is 7. The molecule has 0 N–H and O–H groups in total. The highest BCUT2D eigenvalue weighted by Crippen LogP contribution is 2.19. The summed E-state index contributed by atoms with van der Waals surface area (Å²) in [5.74, 6) is 0. The Kier molecular flexibility index (Phi) is 7.90. The quantitative estimate of drug-likeness (QED) is 0.753. The van der Waals surface area contributed by atoms with Crippen LogP contribution in [0.5, 0.6) is 0 Å². The van der Waals surface area contributed by atoms with Crippen molar-refractivity contribution in [2.24, 2.45) is 0 Å². The third-order valence-corrected chi connectivity index (χ3v) is 5.52. The Balaban J connectivity index is 0.00000288. The third kappa shape index (κ3) is 5.60. The van der Waals surface area contributed by atoms with E-state index in [9.17, 15) is 8.42 Å². The van der Waals surface area contributed by atoms with Crippen LogP contribution in [0.2, 0.25) is 0 Å². The fourth-order valence-electron chi connectivity index (χ4n) is 2.24. The zero-order valence-corrected chi connectivity index (χ0v) is 16.0. The summed E-state index contributed by atoms with van der Waals surface area (Å²) in [6.45, 7) is 3.46. The van der Waals surface area contributed by atoms with Gasteiger partial charge in [-0.3, -0.25) is 0 Å². The number of sulfonamides is 1. The van der Waals surface area contributed by atoms with Crippen LogP contribution in [0.1, 0.15) is 11.1 Å². The molecule has 6 heteroatoms. The molecule has 0 fully saturated rings. The molecule has 0 unspecified atom stereocenters. The summed E-state index contributed by atoms with van der Waals surface area (Å²) in [6, 6.07) is 16.7. The summed E-state index contributed by atoms with van der Waals surface area (Å²) >= 11 is 0. The average molecular weight is 369 g/mol. The Labute approximate surface area is 151 Å². The molecule has 0 aromatic heterocycles. The molecule has 0 bridgehead atoms. The minimum Gasteiger partial charge on any atom is -0.308 e. The standard InChI is InChI=1S/C18H24N2O2S.ClH/c1-16-9-11-18(12-10-16)23(21,22)20(14-13-19(2)3)15-17-7-5-4-6-8-17;/h4-12H,13-15H2,1-3H3;1H. The first kappa shape index (κ1) is 20.6. The lowest BCUT2D eigenvalue weighted by Crippen LogP contribution is -2.36. The van der Waals surface area contributed by atoms with E-state index in [0.29, 0.717) is 24.5 Å². The van der Waals surface area contributed by atoms with Gasteiger partial charge in [0.25, 0.3) is 0 Å². The predicted molar refractivity (Wildman–Crippen MR) is 101 cm³/mol. The van der Waals surface area contributed by atoms with Crippen LogP contribution < -0.4 is 0 Å². The Morgan fingerprint density at radius 1 is 0.875 bits per heavy atom. The van der Waals surface area contributed by atoms with E-state index in [1.165, 1.54) is 0 Å². The van der Waals surface area contributed by atoms with Crippen LogP contribution in [-0.4, -0.2) is 44.8 Å². The van der Waals surface area contributed by atoms with Gasteiger partial charge >= 0.3 is 0 Å². The molecule has 0 aliphatic heterocycles. The summed E-state index contributed by atoms with van der Waals surface area (Å²) in [6.07, 6.45) is 0. The molecule has 4 nitrogen and oxygen atoms in total. The van der Waals surface area contributed by atoms with E-state index in [-0.39, 0.29) is 12.4 Å². The van der Waals surface area contributed by atoms with Gasteiger partial charge in [0.05, 0.1) is 4.90 Å². The molecular weight excluding hydrogens is 344 g/mol. The molecule has 0 spiro atoms. The van der Waals surface area contributed by atoms with Gasteiger partial charge in [-0.05, 0) is 38.7 Å². The molecule has 0 aliphatic carbocycles. The third-order valence-electron chi connectivity index (χ3n) is 3.66. The minimum atomic E-state index is -3.51. The Bertz CT molecular complexity index is 716. The number of nitrogens with zero attached hydrogens (tertiary/aromatic N) is 2. The van der Waals surface area contributed by atoms with Crippen molar-refractivity contribution in [3.63, 3.8) is 0 Å². The van der Waals surface area contributed by atoms with Gasteiger partial charge in [0.1, 0.15) is 0 Å². The van der Waals surface area contributed by atoms with Gasteiger partial charge in [0, 0.05) is 19.6 Å². The average Bonchev–Trinajstić information content (AvgIpc) is 2.52. The van der Waals surface area contributed by atoms with Crippen molar-refractivity contribution >= 4 is 22.4 Å². The van der Waals surface area contributed by atoms with E-state index < -0.39 is 10.0 Å². The molecular formula is C18H25ClN2O2S. The maximum absolute atomic E-state index is 13.0. The smallest absolute Gasteiger partial charge is 0.243 e. The second-order valence-corrected chi connectivity index (χ2v) is 7.88. The first-order valence-corrected chi connectivity index (χ1v) is 9.09. The largest absolute Gasteiger partial charge is 0.308 e. The first-order valence-electron chi connectivity index (χ1n) is 7.65. The SMILES string of the molecule is Cc1ccc(S(=O)(=O)N(CCN(C)C)Cc2ccccc2)cc1.Cl. The number of hydrogen-bond acceptors (Lipinski definition) is 3. The van der Waals surface area contributed by atoms with Gasteiger partial charge in [-0.15, -0.1) is 12.4 Å². The van der Waals surface area contributed by atoms with Gasteiger partial charge in [-0.2, -0.15) is 4.31 Å². The highest BCUT2D eigenvalue weighted by Gasteiger charge is 2.24. The number of hydrogen-bond donors (Lipinski definition) is 0. The van der Waals surface area contributed by atoms with E-state index >= 15 is 0 Å². The topological polar surface area (TPSA) is 40.6 Å². The van der Waals surface area contributed by atoms with Crippen LogP contribution >= 0.6 is 12.4 Å². The number of likely N-dealkylation sites (N-methyl/N-ethyl adjacent to an activating group) is 1. The zero-order valence-electron chi connectivity index (χ0n) is 14.3. The van der Waals surface area contributed by atoms with Gasteiger partial charge in [0.2, 0.25) is 10.0 Å². The van der Waals surface area contributed by atoms with Crippen molar-refractivity contribution in [2.75, 3.05) is 27.2 Å². The Hall–Kier alpha value is -1.40. The highest BCUT2D eigenvalue weighted by atomic mass is 35.5. The molecule has 132 valence electrons. The van der Waals surface area contributed by atoms with E-state index in [2.05, 4.69) is 0 Å². The molecule has 0 aliphatic rings. The second-order valence-electron chi connectivity index (χ2n) is 5.94. The van der Waals surface area contributed by atoms with Gasteiger partial charge in [-0.1, -0.05) is 48.0 Å². The van der Waals surface area contributed by atoms with Gasteiger partial charge in [0.15, 0.2) is 0 Å². The van der Waals surface area contributed by atoms with E-state index in [1.807, 2.05) is 68.4 Å². The molecule has 0 heterocycles. The normalized spacial score (nSPS) is 11.5. The van der Waals surface area contributed by atoms with Crippen molar-refractivity contribution in [1.29, 1.82) is 0 Å². The lowest BCUT2D eigenvalue weighted by atomic mass is 10.2. The van der Waals surface area contributed by atoms with Crippen molar-refractivity contribution in [3.05, 3.63) is 65.7 Å². The molecule has 0 saturated heterocycles. The number of aryl methyl sites for hydroxylation is 1. The second kappa shape index (κ2) is 9.18. The molecule has 24 heavy (non-hydrogen) atoms. The summed E-state index contributed by atoms with van der Waals surface area (Å²) in [7, 11) is 0.382. The maximum atomic E-state index is 13.0. The molecule has 0 amide bonds. The fraction of sp³-hybridized carbons (Fsp3) is 0.333. The summed E-state index contributed by atoms with van der Waals surface area (Å²) < 4.78 is 27.5. The minimum absolute atomic E-state index is 0. The lowest BCUT2D eigenvalue weighted by molar-refractivity contribution is 0.329. The number of halogens is 1. The monoisotopic (exact) mass is 368 g/mol. The summed E-state index contributed by atoms with van der Waals surface area (Å²) in [5.41, 5.74) is 2.04. The highest BCUT2D eigenvalue weighted by molar-refractivity contribution is 7.89. The molecule has 2 aromatic carbocycles. The Morgan fingerprint density at radius 3 is 2.00 bits per heavy atom. The molecule has 0 atom stereocenters. The van der Waals surface area contributed by atoms with E-state index in [1.54, 1.807) is 16.4 Å². The summed E-state index contributed by atoms with van der Waals surface area (Å²) in [5, 5.41) is 0. The van der Waals surface area contributed by atoms with Crippen LogP contribution in [0.4, 0.5) is 0 Å². The lowest BCUT2D eigenvalue weighted by Gasteiger charge is -2.24. The van der Waals surface area contributed by atoms with Crippen LogP contribution in [-0.2, 0) is 16.6 Å². The summed E-state index contributed by atoms with van der Waals surface area (Å²) in [4.78, 5) is 2.33. The van der Waals surface area contributed by atoms with Crippen molar-refractivity contribution in [3.8, 4) is 0 Å². The van der Waals surface area contributed by atoms with E-state index in [4.69, 9.17) is 0 Å². The predicted octanol–water partition coefficient (Wildman–Crippen LogP) is 3.17. The van der Waals surface area contributed by atoms with Crippen LogP contribution in [0.15, 0.2) is 59.5 Å². The molecule has 2 aromatic rings. The molecule has 2 rings (SSSR count). The Morgan fingerprint density at radius 2 is 1.46 bits per heavy atom. The van der Waals surface area contributed by atoms with Gasteiger partial charge in [-0.25, -0.2) is 8.42 Å². The van der Waals surface area contributed by atoms with Crippen molar-refractivity contribution < 1.29 is 8.42 Å². The van der Waals surface area contributed by atoms with Crippen LogP contribution in [0, 0.1) is 6.92 Å². The molecule has 0 saturated carbocycles. The zero-order chi connectivity index (χ0) is 16.9. The van der Waals surface area contributed by atoms with Crippen LogP contribution in [0.25, 0.3) is 0 Å². The first-order chi connectivity index (χ1) is 10.9. The van der Waals surface area contributed by atoms with Gasteiger partial charge < -0.3 is 4.90 Å². The van der Waals surface area contributed by atoms with E-state index in [0.717, 1.165) is 11.1 Å². The molecule has 0 radical (unpaired) electrons. The fourth-order valence-corrected chi connectivity index (χ4v) is 3.66. The van der Waals surface area contributed by atoms with Crippen molar-refractivity contribution in [1.82, 2.24) is 9.21 Å². The number of benzene rings is 2. The van der Waals surface area contributed by atoms with Crippen LogP contribution in [0.3, 0.4) is 0 Å². The maximum Gasteiger partial charge on any atom is 0.243 e. The van der Waals surface area contributed by atoms with Crippen molar-refractivity contribution in [2.45, 2.75) is 18.4 Å².